The largest absolute Gasteiger partial charge is 0.481 e. The van der Waals surface area contributed by atoms with Crippen molar-refractivity contribution in [1.29, 1.82) is 0 Å². The second-order valence-corrected chi connectivity index (χ2v) is 5.40. The van der Waals surface area contributed by atoms with E-state index in [2.05, 4.69) is 55.5 Å². The smallest absolute Gasteiger partial charge is 0.303 e. The zero-order valence-corrected chi connectivity index (χ0v) is 12.5. The van der Waals surface area contributed by atoms with Crippen molar-refractivity contribution in [1.82, 2.24) is 0 Å². The standard InChI is InChI=1S/C19H22O2/c1-2-6-15-7-3-10-17(13-15)18-11-4-8-16(14-18)9-5-12-19(20)21/h3-4,7-8,10-11,13-14H,2,5-6,9,12H2,1H3,(H,20,21). The highest BCUT2D eigenvalue weighted by Gasteiger charge is 2.02. The monoisotopic (exact) mass is 282 g/mol. The van der Waals surface area contributed by atoms with Gasteiger partial charge in [0.15, 0.2) is 0 Å². The molecule has 0 spiro atoms. The van der Waals surface area contributed by atoms with Gasteiger partial charge in [-0.1, -0.05) is 61.9 Å². The highest BCUT2D eigenvalue weighted by Crippen LogP contribution is 2.23. The maximum atomic E-state index is 10.6. The Morgan fingerprint density at radius 2 is 1.52 bits per heavy atom. The Labute approximate surface area is 126 Å². The van der Waals surface area contributed by atoms with Gasteiger partial charge in [-0.25, -0.2) is 0 Å². The predicted molar refractivity (Wildman–Crippen MR) is 86.4 cm³/mol. The van der Waals surface area contributed by atoms with Gasteiger partial charge in [-0.05, 0) is 41.5 Å². The van der Waals surface area contributed by atoms with Crippen molar-refractivity contribution >= 4 is 5.97 Å². The predicted octanol–water partition coefficient (Wildman–Crippen LogP) is 4.71. The van der Waals surface area contributed by atoms with E-state index in [4.69, 9.17) is 5.11 Å². The fourth-order valence-electron chi connectivity index (χ4n) is 2.55. The zero-order chi connectivity index (χ0) is 15.1. The first kappa shape index (κ1) is 15.3. The van der Waals surface area contributed by atoms with E-state index < -0.39 is 5.97 Å². The van der Waals surface area contributed by atoms with Gasteiger partial charge in [0.1, 0.15) is 0 Å². The molecule has 2 rings (SSSR count). The Kier molecular flexibility index (Phi) is 5.56. The van der Waals surface area contributed by atoms with Gasteiger partial charge in [-0.15, -0.1) is 0 Å². The summed E-state index contributed by atoms with van der Waals surface area (Å²) in [5, 5.41) is 8.71. The molecule has 2 aromatic carbocycles. The van der Waals surface area contributed by atoms with Gasteiger partial charge in [0.2, 0.25) is 0 Å². The fraction of sp³-hybridized carbons (Fsp3) is 0.316. The third-order valence-corrected chi connectivity index (χ3v) is 3.58. The number of aliphatic carboxylic acids is 1. The molecular weight excluding hydrogens is 260 g/mol. The van der Waals surface area contributed by atoms with Crippen LogP contribution in [0.1, 0.15) is 37.3 Å². The summed E-state index contributed by atoms with van der Waals surface area (Å²) < 4.78 is 0. The molecule has 0 aliphatic heterocycles. The van der Waals surface area contributed by atoms with Crippen LogP contribution in [0.15, 0.2) is 48.5 Å². The van der Waals surface area contributed by atoms with Crippen LogP contribution in [0.5, 0.6) is 0 Å². The van der Waals surface area contributed by atoms with Gasteiger partial charge in [-0.3, -0.25) is 4.79 Å². The van der Waals surface area contributed by atoms with Gasteiger partial charge >= 0.3 is 5.97 Å². The average Bonchev–Trinajstić information content (AvgIpc) is 2.48. The first-order chi connectivity index (χ1) is 10.2. The molecule has 0 radical (unpaired) electrons. The zero-order valence-electron chi connectivity index (χ0n) is 12.5. The molecule has 0 atom stereocenters. The van der Waals surface area contributed by atoms with Crippen LogP contribution >= 0.6 is 0 Å². The van der Waals surface area contributed by atoms with E-state index in [0.717, 1.165) is 19.3 Å². The Morgan fingerprint density at radius 3 is 2.05 bits per heavy atom. The van der Waals surface area contributed by atoms with Crippen molar-refractivity contribution in [2.75, 3.05) is 0 Å². The van der Waals surface area contributed by atoms with Crippen molar-refractivity contribution in [2.45, 2.75) is 39.0 Å². The summed E-state index contributed by atoms with van der Waals surface area (Å²) in [6.45, 7) is 2.19. The molecule has 2 heteroatoms. The molecule has 0 aliphatic carbocycles. The minimum atomic E-state index is -0.724. The number of hydrogen-bond donors (Lipinski definition) is 1. The Morgan fingerprint density at radius 1 is 0.952 bits per heavy atom. The minimum Gasteiger partial charge on any atom is -0.481 e. The van der Waals surface area contributed by atoms with Gasteiger partial charge < -0.3 is 5.11 Å². The van der Waals surface area contributed by atoms with Crippen LogP contribution in [0, 0.1) is 0 Å². The van der Waals surface area contributed by atoms with Crippen molar-refractivity contribution < 1.29 is 9.90 Å². The summed E-state index contributed by atoms with van der Waals surface area (Å²) in [5.74, 6) is -0.724. The van der Waals surface area contributed by atoms with Gasteiger partial charge in [0, 0.05) is 6.42 Å². The summed E-state index contributed by atoms with van der Waals surface area (Å²) >= 11 is 0. The molecule has 0 amide bonds. The summed E-state index contributed by atoms with van der Waals surface area (Å²) in [6, 6.07) is 17.1. The van der Waals surface area contributed by atoms with Crippen LogP contribution in [-0.4, -0.2) is 11.1 Å². The van der Waals surface area contributed by atoms with Crippen LogP contribution in [0.3, 0.4) is 0 Å². The molecule has 0 saturated heterocycles. The molecule has 21 heavy (non-hydrogen) atoms. The topological polar surface area (TPSA) is 37.3 Å². The number of rotatable bonds is 7. The Balaban J connectivity index is 2.12. The molecule has 110 valence electrons. The van der Waals surface area contributed by atoms with Crippen molar-refractivity contribution in [3.63, 3.8) is 0 Å². The lowest BCUT2D eigenvalue weighted by molar-refractivity contribution is -0.137. The number of benzene rings is 2. The second kappa shape index (κ2) is 7.63. The molecule has 2 nitrogen and oxygen atoms in total. The van der Waals surface area contributed by atoms with Crippen molar-refractivity contribution in [2.24, 2.45) is 0 Å². The van der Waals surface area contributed by atoms with Crippen LogP contribution in [0.4, 0.5) is 0 Å². The molecule has 1 N–H and O–H groups in total. The van der Waals surface area contributed by atoms with Gasteiger partial charge in [0.25, 0.3) is 0 Å². The molecule has 0 aliphatic rings. The number of hydrogen-bond acceptors (Lipinski definition) is 1. The molecule has 2 aromatic rings. The van der Waals surface area contributed by atoms with Crippen LogP contribution in [-0.2, 0) is 17.6 Å². The first-order valence-corrected chi connectivity index (χ1v) is 7.59. The third-order valence-electron chi connectivity index (χ3n) is 3.58. The summed E-state index contributed by atoms with van der Waals surface area (Å²) in [5.41, 5.74) is 5.02. The number of carboxylic acid groups (broad SMARTS) is 1. The molecule has 0 bridgehead atoms. The first-order valence-electron chi connectivity index (χ1n) is 7.59. The normalized spacial score (nSPS) is 10.5. The second-order valence-electron chi connectivity index (χ2n) is 5.40. The van der Waals surface area contributed by atoms with Gasteiger partial charge in [0.05, 0.1) is 0 Å². The molecule has 0 unspecified atom stereocenters. The summed E-state index contributed by atoms with van der Waals surface area (Å²) in [7, 11) is 0. The van der Waals surface area contributed by atoms with Crippen molar-refractivity contribution in [3.05, 3.63) is 59.7 Å². The molecule has 0 aromatic heterocycles. The average molecular weight is 282 g/mol. The molecule has 0 saturated carbocycles. The van der Waals surface area contributed by atoms with Crippen LogP contribution in [0.25, 0.3) is 11.1 Å². The highest BCUT2D eigenvalue weighted by atomic mass is 16.4. The molecule has 0 heterocycles. The maximum absolute atomic E-state index is 10.6. The maximum Gasteiger partial charge on any atom is 0.303 e. The number of carbonyl (C=O) groups is 1. The summed E-state index contributed by atoms with van der Waals surface area (Å²) in [4.78, 5) is 10.6. The molecular formula is C19H22O2. The third kappa shape index (κ3) is 4.75. The van der Waals surface area contributed by atoms with E-state index in [9.17, 15) is 4.79 Å². The summed E-state index contributed by atoms with van der Waals surface area (Å²) in [6.07, 6.45) is 3.99. The number of carboxylic acids is 1. The van der Waals surface area contributed by atoms with E-state index >= 15 is 0 Å². The van der Waals surface area contributed by atoms with Crippen LogP contribution < -0.4 is 0 Å². The van der Waals surface area contributed by atoms with E-state index in [1.54, 1.807) is 0 Å². The van der Waals surface area contributed by atoms with E-state index in [1.165, 1.54) is 22.3 Å². The Hall–Kier alpha value is -2.09. The van der Waals surface area contributed by atoms with E-state index in [0.29, 0.717) is 6.42 Å². The highest BCUT2D eigenvalue weighted by molar-refractivity contribution is 5.67. The lowest BCUT2D eigenvalue weighted by Gasteiger charge is -2.07. The minimum absolute atomic E-state index is 0.232. The Bertz CT molecular complexity index is 602. The van der Waals surface area contributed by atoms with E-state index in [1.807, 2.05) is 0 Å². The fourth-order valence-corrected chi connectivity index (χ4v) is 2.55. The van der Waals surface area contributed by atoms with Gasteiger partial charge in [-0.2, -0.15) is 0 Å². The molecule has 0 fully saturated rings. The lowest BCUT2D eigenvalue weighted by atomic mass is 9.98. The van der Waals surface area contributed by atoms with Crippen LogP contribution in [0.2, 0.25) is 0 Å². The lowest BCUT2D eigenvalue weighted by Crippen LogP contribution is -1.96. The van der Waals surface area contributed by atoms with Crippen molar-refractivity contribution in [3.8, 4) is 11.1 Å². The number of aryl methyl sites for hydroxylation is 2. The SMILES string of the molecule is CCCc1cccc(-c2cccc(CCCC(=O)O)c2)c1. The van der Waals surface area contributed by atoms with E-state index in [-0.39, 0.29) is 6.42 Å². The quantitative estimate of drug-likeness (QED) is 0.798.